The van der Waals surface area contributed by atoms with Gasteiger partial charge in [0.1, 0.15) is 11.4 Å². The van der Waals surface area contributed by atoms with Crippen LogP contribution < -0.4 is 22.7 Å². The molecule has 0 saturated carbocycles. The van der Waals surface area contributed by atoms with E-state index in [1.54, 1.807) is 0 Å². The van der Waals surface area contributed by atoms with E-state index in [-0.39, 0.29) is 12.4 Å². The van der Waals surface area contributed by atoms with Crippen molar-refractivity contribution in [2.24, 2.45) is 0 Å². The number of nitrogens with one attached hydrogen (secondary N) is 2. The van der Waals surface area contributed by atoms with Gasteiger partial charge in [-0.05, 0) is 48.5 Å². The average Bonchev–Trinajstić information content (AvgIpc) is 2.34. The highest BCUT2D eigenvalue weighted by Gasteiger charge is 1.94. The van der Waals surface area contributed by atoms with Crippen LogP contribution >= 0.6 is 31.9 Å². The second kappa shape index (κ2) is 7.56. The number of rotatable bonds is 3. The summed E-state index contributed by atoms with van der Waals surface area (Å²) >= 11 is 6.80. The smallest absolute Gasteiger partial charge is 0.240 e. The third-order valence-corrected chi connectivity index (χ3v) is 3.22. The third kappa shape index (κ3) is 4.80. The van der Waals surface area contributed by atoms with Crippen molar-refractivity contribution in [1.82, 2.24) is 0 Å². The van der Waals surface area contributed by atoms with E-state index in [0.29, 0.717) is 0 Å². The molecule has 2 N–H and O–H groups in total. The van der Waals surface area contributed by atoms with Crippen LogP contribution in [0.3, 0.4) is 0 Å². The second-order valence-corrected chi connectivity index (χ2v) is 5.28. The first-order chi connectivity index (χ1) is 8.24. The molecule has 0 amide bonds. The molecule has 2 nitrogen and oxygen atoms in total. The number of benzene rings is 2. The lowest BCUT2D eigenvalue weighted by Crippen LogP contribution is -3.00. The van der Waals surface area contributed by atoms with Crippen molar-refractivity contribution in [3.8, 4) is 0 Å². The van der Waals surface area contributed by atoms with Gasteiger partial charge in [0.25, 0.3) is 0 Å². The lowest BCUT2D eigenvalue weighted by molar-refractivity contribution is -0.347. The predicted octanol–water partition coefficient (Wildman–Crippen LogP) is 0.0681. The molecule has 0 spiro atoms. The average molecular weight is 391 g/mol. The van der Waals surface area contributed by atoms with Gasteiger partial charge in [-0.25, -0.2) is 10.3 Å². The SMILES string of the molecule is Brc1ccc(NC=[NH+]c2ccc(Br)cc2)cc1.[Cl-]. The zero-order chi connectivity index (χ0) is 12.1. The topological polar surface area (TPSA) is 26.0 Å². The standard InChI is InChI=1S/C13H10Br2N2.ClH/c14-10-1-5-12(6-2-10)16-9-17-13-7-3-11(15)4-8-13;/h1-9H,(H,16,17);1H. The molecule has 0 aromatic heterocycles. The molecule has 5 heteroatoms. The summed E-state index contributed by atoms with van der Waals surface area (Å²) in [5.74, 6) is 0. The van der Waals surface area contributed by atoms with Gasteiger partial charge in [-0.15, -0.1) is 0 Å². The van der Waals surface area contributed by atoms with Gasteiger partial charge in [-0.1, -0.05) is 31.9 Å². The second-order valence-electron chi connectivity index (χ2n) is 3.45. The molecule has 2 rings (SSSR count). The highest BCUT2D eigenvalue weighted by molar-refractivity contribution is 9.10. The van der Waals surface area contributed by atoms with E-state index in [9.17, 15) is 0 Å². The Balaban J connectivity index is 0.00000162. The molecule has 0 radical (unpaired) electrons. The van der Waals surface area contributed by atoms with E-state index in [4.69, 9.17) is 0 Å². The summed E-state index contributed by atoms with van der Waals surface area (Å²) in [7, 11) is 0. The maximum Gasteiger partial charge on any atom is 0.240 e. The Kier molecular flexibility index (Phi) is 6.39. The summed E-state index contributed by atoms with van der Waals surface area (Å²) in [6, 6.07) is 16.0. The van der Waals surface area contributed by atoms with Crippen molar-refractivity contribution in [2.75, 3.05) is 5.32 Å². The zero-order valence-electron chi connectivity index (χ0n) is 9.33. The molecule has 0 aliphatic rings. The normalized spacial score (nSPS) is 10.1. The van der Waals surface area contributed by atoms with Crippen molar-refractivity contribution in [3.63, 3.8) is 0 Å². The molecule has 0 atom stereocenters. The number of halogens is 3. The van der Waals surface area contributed by atoms with E-state index >= 15 is 0 Å². The number of anilines is 1. The molecular formula is C13H11Br2ClN2. The predicted molar refractivity (Wildman–Crippen MR) is 78.6 cm³/mol. The Morgan fingerprint density at radius 1 is 0.833 bits per heavy atom. The minimum Gasteiger partial charge on any atom is -1.00 e. The monoisotopic (exact) mass is 388 g/mol. The third-order valence-electron chi connectivity index (χ3n) is 2.17. The first-order valence-electron chi connectivity index (χ1n) is 5.10. The van der Waals surface area contributed by atoms with Gasteiger partial charge >= 0.3 is 0 Å². The van der Waals surface area contributed by atoms with Crippen LogP contribution in [0, 0.1) is 0 Å². The van der Waals surface area contributed by atoms with Gasteiger partial charge in [0.05, 0.1) is 0 Å². The molecule has 0 aliphatic heterocycles. The Bertz CT molecular complexity index is 510. The molecule has 0 heterocycles. The Morgan fingerprint density at radius 3 is 1.89 bits per heavy atom. The zero-order valence-corrected chi connectivity index (χ0v) is 13.3. The van der Waals surface area contributed by atoms with E-state index in [0.717, 1.165) is 20.3 Å². The summed E-state index contributed by atoms with van der Waals surface area (Å²) < 4.78 is 2.15. The summed E-state index contributed by atoms with van der Waals surface area (Å²) in [5.41, 5.74) is 2.08. The van der Waals surface area contributed by atoms with Gasteiger partial charge in [-0.3, -0.25) is 0 Å². The van der Waals surface area contributed by atoms with Gasteiger partial charge in [0, 0.05) is 8.95 Å². The molecule has 2 aromatic rings. The van der Waals surface area contributed by atoms with E-state index in [2.05, 4.69) is 42.2 Å². The molecule has 0 bridgehead atoms. The van der Waals surface area contributed by atoms with Crippen LogP contribution in [0.4, 0.5) is 11.4 Å². The van der Waals surface area contributed by atoms with Crippen LogP contribution in [-0.4, -0.2) is 6.34 Å². The van der Waals surface area contributed by atoms with E-state index in [1.165, 1.54) is 0 Å². The maximum absolute atomic E-state index is 3.40. The van der Waals surface area contributed by atoms with E-state index < -0.39 is 0 Å². The van der Waals surface area contributed by atoms with Crippen LogP contribution in [0.5, 0.6) is 0 Å². The number of hydrogen-bond donors (Lipinski definition) is 2. The molecule has 2 aromatic carbocycles. The van der Waals surface area contributed by atoms with Crippen LogP contribution in [-0.2, 0) is 0 Å². The summed E-state index contributed by atoms with van der Waals surface area (Å²) in [4.78, 5) is 3.17. The Labute approximate surface area is 129 Å². The minimum atomic E-state index is 0. The lowest BCUT2D eigenvalue weighted by atomic mass is 10.3. The van der Waals surface area contributed by atoms with Crippen molar-refractivity contribution >= 4 is 49.6 Å². The fraction of sp³-hybridized carbons (Fsp3) is 0. The van der Waals surface area contributed by atoms with Gasteiger partial charge in [0.2, 0.25) is 6.34 Å². The molecular weight excluding hydrogens is 379 g/mol. The van der Waals surface area contributed by atoms with Crippen molar-refractivity contribution in [2.45, 2.75) is 0 Å². The minimum absolute atomic E-state index is 0. The molecule has 0 aliphatic carbocycles. The molecule has 18 heavy (non-hydrogen) atoms. The fourth-order valence-electron chi connectivity index (χ4n) is 1.29. The van der Waals surface area contributed by atoms with Crippen LogP contribution in [0.15, 0.2) is 57.5 Å². The molecule has 0 unspecified atom stereocenters. The number of hydrogen-bond acceptors (Lipinski definition) is 0. The van der Waals surface area contributed by atoms with Gasteiger partial charge < -0.3 is 12.4 Å². The van der Waals surface area contributed by atoms with Crippen molar-refractivity contribution in [3.05, 3.63) is 57.5 Å². The first-order valence-corrected chi connectivity index (χ1v) is 6.68. The summed E-state index contributed by atoms with van der Waals surface area (Å²) in [6.45, 7) is 0. The first kappa shape index (κ1) is 15.2. The summed E-state index contributed by atoms with van der Waals surface area (Å²) in [6.07, 6.45) is 1.81. The quantitative estimate of drug-likeness (QED) is 0.563. The fourth-order valence-corrected chi connectivity index (χ4v) is 1.82. The Hall–Kier alpha value is -0.840. The molecule has 0 saturated heterocycles. The van der Waals surface area contributed by atoms with Crippen molar-refractivity contribution < 1.29 is 17.4 Å². The van der Waals surface area contributed by atoms with Crippen LogP contribution in [0.2, 0.25) is 0 Å². The highest BCUT2D eigenvalue weighted by Crippen LogP contribution is 2.13. The van der Waals surface area contributed by atoms with Gasteiger partial charge in [0.15, 0.2) is 0 Å². The highest BCUT2D eigenvalue weighted by atomic mass is 79.9. The molecule has 94 valence electrons. The largest absolute Gasteiger partial charge is 1.00 e. The van der Waals surface area contributed by atoms with Crippen LogP contribution in [0.25, 0.3) is 0 Å². The summed E-state index contributed by atoms with van der Waals surface area (Å²) in [5, 5.41) is 3.17. The molecule has 0 fully saturated rings. The lowest BCUT2D eigenvalue weighted by Gasteiger charge is -1.94. The van der Waals surface area contributed by atoms with Crippen molar-refractivity contribution in [1.29, 1.82) is 0 Å². The van der Waals surface area contributed by atoms with E-state index in [1.807, 2.05) is 54.9 Å². The van der Waals surface area contributed by atoms with Gasteiger partial charge in [-0.2, -0.15) is 0 Å². The van der Waals surface area contributed by atoms with Crippen LogP contribution in [0.1, 0.15) is 0 Å². The maximum atomic E-state index is 3.40. The Morgan fingerprint density at radius 2 is 1.33 bits per heavy atom.